The molecular formula is C22H21NO3. The maximum Gasteiger partial charge on any atom is 0.262 e. The molecule has 0 bridgehead atoms. The molecule has 4 nitrogen and oxygen atoms in total. The maximum atomic E-state index is 12.4. The van der Waals surface area contributed by atoms with Gasteiger partial charge in [0.05, 0.1) is 0 Å². The molecule has 0 aromatic heterocycles. The number of hydrogen-bond acceptors (Lipinski definition) is 3. The Morgan fingerprint density at radius 3 is 2.73 bits per heavy atom. The van der Waals surface area contributed by atoms with E-state index >= 15 is 0 Å². The molecule has 4 rings (SSSR count). The number of carbonyl (C=O) groups excluding carboxylic acids is 1. The number of carbonyl (C=O) groups is 1. The maximum absolute atomic E-state index is 12.4. The number of benzene rings is 3. The quantitative estimate of drug-likeness (QED) is 0.752. The summed E-state index contributed by atoms with van der Waals surface area (Å²) in [5.74, 6) is 1.16. The van der Waals surface area contributed by atoms with E-state index in [1.807, 2.05) is 74.5 Å². The van der Waals surface area contributed by atoms with Crippen LogP contribution in [0.15, 0.2) is 60.7 Å². The smallest absolute Gasteiger partial charge is 0.262 e. The first kappa shape index (κ1) is 16.5. The predicted molar refractivity (Wildman–Crippen MR) is 103 cm³/mol. The van der Waals surface area contributed by atoms with Gasteiger partial charge in [-0.1, -0.05) is 48.5 Å². The van der Waals surface area contributed by atoms with Crippen LogP contribution in [0.25, 0.3) is 10.8 Å². The van der Waals surface area contributed by atoms with Gasteiger partial charge in [-0.3, -0.25) is 4.79 Å². The minimum Gasteiger partial charge on any atom is -0.483 e. The lowest BCUT2D eigenvalue weighted by atomic mass is 10.0. The zero-order chi connectivity index (χ0) is 18.1. The molecule has 1 amide bonds. The molecule has 132 valence electrons. The summed E-state index contributed by atoms with van der Waals surface area (Å²) in [7, 11) is 0. The molecule has 0 fully saturated rings. The number of hydrogen-bond donors (Lipinski definition) is 1. The molecule has 0 saturated carbocycles. The Bertz CT molecular complexity index is 973. The Morgan fingerprint density at radius 2 is 1.85 bits per heavy atom. The first-order valence-corrected chi connectivity index (χ1v) is 8.73. The van der Waals surface area contributed by atoms with E-state index in [0.717, 1.165) is 34.2 Å². The van der Waals surface area contributed by atoms with Crippen molar-refractivity contribution in [2.24, 2.45) is 0 Å². The lowest BCUT2D eigenvalue weighted by Gasteiger charge is -2.18. The van der Waals surface area contributed by atoms with E-state index in [1.165, 1.54) is 0 Å². The Kier molecular flexibility index (Phi) is 4.03. The molecule has 0 spiro atoms. The van der Waals surface area contributed by atoms with Crippen LogP contribution in [0.4, 0.5) is 5.69 Å². The summed E-state index contributed by atoms with van der Waals surface area (Å²) in [5, 5.41) is 5.03. The van der Waals surface area contributed by atoms with Crippen LogP contribution in [0.5, 0.6) is 11.5 Å². The molecular weight excluding hydrogens is 326 g/mol. The number of anilines is 1. The molecule has 3 aromatic rings. The van der Waals surface area contributed by atoms with Gasteiger partial charge in [0, 0.05) is 23.1 Å². The van der Waals surface area contributed by atoms with E-state index in [4.69, 9.17) is 9.47 Å². The highest BCUT2D eigenvalue weighted by Gasteiger charge is 2.32. The van der Waals surface area contributed by atoms with Gasteiger partial charge in [0.2, 0.25) is 0 Å². The van der Waals surface area contributed by atoms with Crippen LogP contribution < -0.4 is 14.8 Å². The summed E-state index contributed by atoms with van der Waals surface area (Å²) in [6, 6.07) is 19.6. The van der Waals surface area contributed by atoms with Crippen LogP contribution in [0.1, 0.15) is 19.4 Å². The van der Waals surface area contributed by atoms with E-state index < -0.39 is 0 Å². The van der Waals surface area contributed by atoms with Crippen molar-refractivity contribution in [3.63, 3.8) is 0 Å². The molecule has 4 heteroatoms. The molecule has 3 aromatic carbocycles. The summed E-state index contributed by atoms with van der Waals surface area (Å²) >= 11 is 0. The lowest BCUT2D eigenvalue weighted by Crippen LogP contribution is -2.25. The van der Waals surface area contributed by atoms with Gasteiger partial charge in [-0.15, -0.1) is 0 Å². The van der Waals surface area contributed by atoms with Crippen molar-refractivity contribution in [1.82, 2.24) is 0 Å². The molecule has 0 saturated heterocycles. The third kappa shape index (κ3) is 3.23. The molecule has 0 radical (unpaired) electrons. The summed E-state index contributed by atoms with van der Waals surface area (Å²) < 4.78 is 11.7. The molecule has 0 atom stereocenters. The second-order valence-electron chi connectivity index (χ2n) is 7.15. The largest absolute Gasteiger partial charge is 0.483 e. The van der Waals surface area contributed by atoms with Crippen molar-refractivity contribution in [2.45, 2.75) is 25.9 Å². The lowest BCUT2D eigenvalue weighted by molar-refractivity contribution is -0.118. The van der Waals surface area contributed by atoms with E-state index in [0.29, 0.717) is 5.75 Å². The van der Waals surface area contributed by atoms with Crippen molar-refractivity contribution in [3.05, 3.63) is 66.2 Å². The van der Waals surface area contributed by atoms with Crippen molar-refractivity contribution in [3.8, 4) is 11.5 Å². The third-order valence-corrected chi connectivity index (χ3v) is 4.48. The zero-order valence-corrected chi connectivity index (χ0v) is 14.9. The summed E-state index contributed by atoms with van der Waals surface area (Å²) in [4.78, 5) is 12.4. The summed E-state index contributed by atoms with van der Waals surface area (Å²) in [6.07, 6.45) is 0.835. The first-order valence-electron chi connectivity index (χ1n) is 8.73. The number of fused-ring (bicyclic) bond motifs is 2. The topological polar surface area (TPSA) is 47.6 Å². The molecule has 1 aliphatic heterocycles. The predicted octanol–water partition coefficient (Wildman–Crippen LogP) is 4.57. The van der Waals surface area contributed by atoms with Gasteiger partial charge in [-0.05, 0) is 31.4 Å². The van der Waals surface area contributed by atoms with Gasteiger partial charge in [0.15, 0.2) is 18.1 Å². The number of amides is 1. The second-order valence-corrected chi connectivity index (χ2v) is 7.15. The fourth-order valence-electron chi connectivity index (χ4n) is 3.37. The Morgan fingerprint density at radius 1 is 1.08 bits per heavy atom. The van der Waals surface area contributed by atoms with E-state index in [9.17, 15) is 4.79 Å². The van der Waals surface area contributed by atoms with Gasteiger partial charge in [0.1, 0.15) is 5.60 Å². The highest BCUT2D eigenvalue weighted by Crippen LogP contribution is 2.41. The average Bonchev–Trinajstić information content (AvgIpc) is 2.94. The third-order valence-electron chi connectivity index (χ3n) is 4.48. The van der Waals surface area contributed by atoms with Crippen LogP contribution in [0.3, 0.4) is 0 Å². The molecule has 0 unspecified atom stereocenters. The number of rotatable bonds is 4. The highest BCUT2D eigenvalue weighted by molar-refractivity contribution is 6.02. The minimum atomic E-state index is -0.243. The Labute approximate surface area is 152 Å². The van der Waals surface area contributed by atoms with Gasteiger partial charge in [-0.25, -0.2) is 0 Å². The summed E-state index contributed by atoms with van der Waals surface area (Å²) in [5.41, 5.74) is 1.65. The average molecular weight is 347 g/mol. The van der Waals surface area contributed by atoms with Gasteiger partial charge >= 0.3 is 0 Å². The highest BCUT2D eigenvalue weighted by atomic mass is 16.5. The minimum absolute atomic E-state index is 0.0660. The zero-order valence-electron chi connectivity index (χ0n) is 14.9. The van der Waals surface area contributed by atoms with Crippen LogP contribution in [0, 0.1) is 0 Å². The van der Waals surface area contributed by atoms with Crippen molar-refractivity contribution < 1.29 is 14.3 Å². The Hall–Kier alpha value is -3.01. The molecule has 1 heterocycles. The normalized spacial score (nSPS) is 14.5. The molecule has 1 N–H and O–H groups in total. The fourth-order valence-corrected chi connectivity index (χ4v) is 3.37. The van der Waals surface area contributed by atoms with Crippen LogP contribution >= 0.6 is 0 Å². The van der Waals surface area contributed by atoms with E-state index in [-0.39, 0.29) is 18.1 Å². The number of ether oxygens (including phenoxy) is 2. The van der Waals surface area contributed by atoms with Gasteiger partial charge in [0.25, 0.3) is 5.91 Å². The number of nitrogens with one attached hydrogen (secondary N) is 1. The van der Waals surface area contributed by atoms with Crippen LogP contribution in [0.2, 0.25) is 0 Å². The van der Waals surface area contributed by atoms with Crippen molar-refractivity contribution in [2.75, 3.05) is 11.9 Å². The van der Waals surface area contributed by atoms with Crippen LogP contribution in [-0.2, 0) is 11.2 Å². The molecule has 1 aliphatic rings. The van der Waals surface area contributed by atoms with Crippen molar-refractivity contribution in [1.29, 1.82) is 0 Å². The first-order chi connectivity index (χ1) is 12.5. The van der Waals surface area contributed by atoms with Gasteiger partial charge < -0.3 is 14.8 Å². The summed E-state index contributed by atoms with van der Waals surface area (Å²) in [6.45, 7) is 4.03. The monoisotopic (exact) mass is 347 g/mol. The van der Waals surface area contributed by atoms with E-state index in [1.54, 1.807) is 0 Å². The molecule has 26 heavy (non-hydrogen) atoms. The van der Waals surface area contributed by atoms with Crippen molar-refractivity contribution >= 4 is 22.4 Å². The Balaban J connectivity index is 1.46. The number of para-hydroxylation sites is 1. The standard InChI is InChI=1S/C22H21NO3/c1-22(2)13-16-9-6-12-19(21(16)26-22)25-14-20(24)23-18-11-5-8-15-7-3-4-10-17(15)18/h3-12H,13-14H2,1-2H3,(H,23,24). The SMILES string of the molecule is CC1(C)Cc2cccc(OCC(=O)Nc3cccc4ccccc34)c2O1. The molecule has 0 aliphatic carbocycles. The fraction of sp³-hybridized carbons (Fsp3) is 0.227. The van der Waals surface area contributed by atoms with Gasteiger partial charge in [-0.2, -0.15) is 0 Å². The van der Waals surface area contributed by atoms with E-state index in [2.05, 4.69) is 5.32 Å². The second kappa shape index (κ2) is 6.37. The van der Waals surface area contributed by atoms with Crippen LogP contribution in [-0.4, -0.2) is 18.1 Å².